The van der Waals surface area contributed by atoms with Gasteiger partial charge in [0, 0.05) is 17.9 Å². The molecule has 0 amide bonds. The normalized spacial score (nSPS) is 11.9. The van der Waals surface area contributed by atoms with Crippen molar-refractivity contribution in [1.82, 2.24) is 0 Å². The van der Waals surface area contributed by atoms with Gasteiger partial charge < -0.3 is 0 Å². The van der Waals surface area contributed by atoms with Crippen molar-refractivity contribution in [1.29, 1.82) is 5.26 Å². The van der Waals surface area contributed by atoms with Crippen molar-refractivity contribution in [2.24, 2.45) is 5.92 Å². The third-order valence-electron chi connectivity index (χ3n) is 2.41. The number of carbonyl (C=O) groups is 1. The summed E-state index contributed by atoms with van der Waals surface area (Å²) < 4.78 is 13.6. The maximum Gasteiger partial charge on any atom is 0.167 e. The maximum absolute atomic E-state index is 13.2. The molecule has 0 N–H and O–H groups in total. The number of Topliss-reactive ketones (excluding diaryl/α,β-unsaturated/α-hetero) is 1. The molecule has 0 saturated heterocycles. The minimum atomic E-state index is -0.460. The van der Waals surface area contributed by atoms with Gasteiger partial charge in [-0.3, -0.25) is 4.79 Å². The molecule has 0 aliphatic rings. The number of nitriles is 1. The second-order valence-corrected chi connectivity index (χ2v) is 4.31. The van der Waals surface area contributed by atoms with Crippen LogP contribution in [-0.2, 0) is 0 Å². The number of hydrogen-bond acceptors (Lipinski definition) is 2. The predicted molar refractivity (Wildman–Crippen MR) is 62.4 cm³/mol. The van der Waals surface area contributed by atoms with Gasteiger partial charge in [-0.25, -0.2) is 4.39 Å². The predicted octanol–water partition coefficient (Wildman–Crippen LogP) is 3.71. The summed E-state index contributed by atoms with van der Waals surface area (Å²) in [5.41, 5.74) is 0.322. The Kier molecular flexibility index (Phi) is 4.63. The van der Waals surface area contributed by atoms with Crippen LogP contribution in [0.25, 0.3) is 0 Å². The molecule has 16 heavy (non-hydrogen) atoms. The number of ketones is 1. The molecular formula is C12H11BrFNO. The zero-order valence-corrected chi connectivity index (χ0v) is 10.4. The van der Waals surface area contributed by atoms with Crippen molar-refractivity contribution in [2.45, 2.75) is 19.8 Å². The third-order valence-corrected chi connectivity index (χ3v) is 3.05. The molecule has 0 radical (unpaired) electrons. The van der Waals surface area contributed by atoms with E-state index in [0.29, 0.717) is 16.5 Å². The van der Waals surface area contributed by atoms with Crippen molar-refractivity contribution in [3.63, 3.8) is 0 Å². The van der Waals surface area contributed by atoms with Crippen LogP contribution in [0.1, 0.15) is 30.1 Å². The summed E-state index contributed by atoms with van der Waals surface area (Å²) in [7, 11) is 0. The van der Waals surface area contributed by atoms with Gasteiger partial charge in [-0.05, 0) is 34.5 Å². The van der Waals surface area contributed by atoms with Gasteiger partial charge in [-0.15, -0.1) is 0 Å². The first-order valence-corrected chi connectivity index (χ1v) is 5.75. The lowest BCUT2D eigenvalue weighted by Crippen LogP contribution is -2.13. The zero-order valence-electron chi connectivity index (χ0n) is 8.84. The molecule has 0 saturated carbocycles. The van der Waals surface area contributed by atoms with Gasteiger partial charge in [0.2, 0.25) is 0 Å². The molecule has 4 heteroatoms. The fourth-order valence-corrected chi connectivity index (χ4v) is 1.66. The summed E-state index contributed by atoms with van der Waals surface area (Å²) in [4.78, 5) is 11.9. The molecule has 0 spiro atoms. The standard InChI is InChI=1S/C12H11BrFNO/c1-2-8(5-6-15)12(16)9-3-4-10(13)11(14)7-9/h3-4,7-8H,2,5H2,1H3. The van der Waals surface area contributed by atoms with Crippen LogP contribution in [-0.4, -0.2) is 5.78 Å². The molecule has 1 aromatic carbocycles. The lowest BCUT2D eigenvalue weighted by Gasteiger charge is -2.09. The Bertz CT molecular complexity index is 439. The summed E-state index contributed by atoms with van der Waals surface area (Å²) in [6.07, 6.45) is 0.761. The SMILES string of the molecule is CCC(CC#N)C(=O)c1ccc(Br)c(F)c1. The van der Waals surface area contributed by atoms with Gasteiger partial charge in [-0.1, -0.05) is 13.0 Å². The molecular weight excluding hydrogens is 273 g/mol. The van der Waals surface area contributed by atoms with E-state index in [-0.39, 0.29) is 18.1 Å². The Morgan fingerprint density at radius 3 is 2.81 bits per heavy atom. The maximum atomic E-state index is 13.2. The van der Waals surface area contributed by atoms with Crippen molar-refractivity contribution in [3.05, 3.63) is 34.1 Å². The Morgan fingerprint density at radius 2 is 2.31 bits per heavy atom. The highest BCUT2D eigenvalue weighted by molar-refractivity contribution is 9.10. The third kappa shape index (κ3) is 2.89. The molecule has 0 bridgehead atoms. The summed E-state index contributed by atoms with van der Waals surface area (Å²) in [6.45, 7) is 1.84. The molecule has 0 heterocycles. The molecule has 84 valence electrons. The van der Waals surface area contributed by atoms with Crippen LogP contribution >= 0.6 is 15.9 Å². The second-order valence-electron chi connectivity index (χ2n) is 3.46. The molecule has 0 aliphatic carbocycles. The van der Waals surface area contributed by atoms with Crippen molar-refractivity contribution < 1.29 is 9.18 Å². The van der Waals surface area contributed by atoms with E-state index in [1.54, 1.807) is 6.07 Å². The van der Waals surface area contributed by atoms with Crippen LogP contribution in [0.5, 0.6) is 0 Å². The van der Waals surface area contributed by atoms with Crippen LogP contribution in [0, 0.1) is 23.1 Å². The van der Waals surface area contributed by atoms with Crippen molar-refractivity contribution >= 4 is 21.7 Å². The average molecular weight is 284 g/mol. The topological polar surface area (TPSA) is 40.9 Å². The first-order chi connectivity index (χ1) is 7.60. The molecule has 1 aromatic rings. The van der Waals surface area contributed by atoms with E-state index in [0.717, 1.165) is 0 Å². The smallest absolute Gasteiger partial charge is 0.167 e. The monoisotopic (exact) mass is 283 g/mol. The van der Waals surface area contributed by atoms with Gasteiger partial charge in [0.25, 0.3) is 0 Å². The summed E-state index contributed by atoms with van der Waals surface area (Å²) in [5, 5.41) is 8.58. The minimum absolute atomic E-state index is 0.171. The van der Waals surface area contributed by atoms with Crippen molar-refractivity contribution in [3.8, 4) is 6.07 Å². The van der Waals surface area contributed by atoms with E-state index in [2.05, 4.69) is 15.9 Å². The lowest BCUT2D eigenvalue weighted by molar-refractivity contribution is 0.0918. The minimum Gasteiger partial charge on any atom is -0.294 e. The fourth-order valence-electron chi connectivity index (χ4n) is 1.42. The number of carbonyl (C=O) groups excluding carboxylic acids is 1. The Labute approximate surface area is 102 Å². The van der Waals surface area contributed by atoms with Gasteiger partial charge in [0.1, 0.15) is 5.82 Å². The molecule has 0 aromatic heterocycles. The molecule has 1 unspecified atom stereocenters. The number of nitrogens with zero attached hydrogens (tertiary/aromatic N) is 1. The van der Waals surface area contributed by atoms with Crippen LogP contribution in [0.15, 0.2) is 22.7 Å². The number of halogens is 2. The molecule has 2 nitrogen and oxygen atoms in total. The lowest BCUT2D eigenvalue weighted by atomic mass is 9.93. The molecule has 0 fully saturated rings. The number of benzene rings is 1. The number of rotatable bonds is 4. The Morgan fingerprint density at radius 1 is 1.62 bits per heavy atom. The fraction of sp³-hybridized carbons (Fsp3) is 0.333. The van der Waals surface area contributed by atoms with Gasteiger partial charge in [-0.2, -0.15) is 5.26 Å². The zero-order chi connectivity index (χ0) is 12.1. The van der Waals surface area contributed by atoms with Crippen LogP contribution in [0.4, 0.5) is 4.39 Å². The molecule has 1 rings (SSSR count). The van der Waals surface area contributed by atoms with Gasteiger partial charge in [0.05, 0.1) is 10.5 Å². The highest BCUT2D eigenvalue weighted by atomic mass is 79.9. The summed E-state index contributed by atoms with van der Waals surface area (Å²) in [5.74, 6) is -0.973. The van der Waals surface area contributed by atoms with Crippen LogP contribution < -0.4 is 0 Å². The quantitative estimate of drug-likeness (QED) is 0.791. The Hall–Kier alpha value is -1.21. The highest BCUT2D eigenvalue weighted by Gasteiger charge is 2.18. The second kappa shape index (κ2) is 5.76. The number of hydrogen-bond donors (Lipinski definition) is 0. The van der Waals surface area contributed by atoms with Crippen LogP contribution in [0.2, 0.25) is 0 Å². The van der Waals surface area contributed by atoms with E-state index in [4.69, 9.17) is 5.26 Å². The van der Waals surface area contributed by atoms with Gasteiger partial charge in [0.15, 0.2) is 5.78 Å². The molecule has 0 aliphatic heterocycles. The van der Waals surface area contributed by atoms with Crippen molar-refractivity contribution in [2.75, 3.05) is 0 Å². The first-order valence-electron chi connectivity index (χ1n) is 4.96. The van der Waals surface area contributed by atoms with E-state index in [9.17, 15) is 9.18 Å². The van der Waals surface area contributed by atoms with Gasteiger partial charge >= 0.3 is 0 Å². The first kappa shape index (κ1) is 12.9. The summed E-state index contributed by atoms with van der Waals surface area (Å²) >= 11 is 3.02. The van der Waals surface area contributed by atoms with E-state index < -0.39 is 5.82 Å². The highest BCUT2D eigenvalue weighted by Crippen LogP contribution is 2.20. The summed E-state index contributed by atoms with van der Waals surface area (Å²) in [6, 6.07) is 6.24. The molecule has 1 atom stereocenters. The average Bonchev–Trinajstić information content (AvgIpc) is 2.28. The van der Waals surface area contributed by atoms with E-state index >= 15 is 0 Å². The van der Waals surface area contributed by atoms with E-state index in [1.807, 2.05) is 13.0 Å². The van der Waals surface area contributed by atoms with E-state index in [1.165, 1.54) is 12.1 Å². The van der Waals surface area contributed by atoms with Crippen LogP contribution in [0.3, 0.4) is 0 Å². The Balaban J connectivity index is 2.95. The largest absolute Gasteiger partial charge is 0.294 e.